The molecule has 30 heavy (non-hydrogen) atoms. The monoisotopic (exact) mass is 398 g/mol. The maximum absolute atomic E-state index is 12.6. The van der Waals surface area contributed by atoms with E-state index in [4.69, 9.17) is 0 Å². The molecular weight excluding hydrogens is 372 g/mol. The highest BCUT2D eigenvalue weighted by Crippen LogP contribution is 2.19. The molecule has 1 amide bonds. The summed E-state index contributed by atoms with van der Waals surface area (Å²) in [5, 5.41) is 12.1. The molecule has 5 heteroatoms. The van der Waals surface area contributed by atoms with Crippen molar-refractivity contribution in [3.05, 3.63) is 82.9 Å². The number of rotatable bonds is 6. The minimum Gasteiger partial charge on any atom is -0.322 e. The van der Waals surface area contributed by atoms with Crippen molar-refractivity contribution in [2.75, 3.05) is 5.32 Å². The molecule has 0 aliphatic rings. The Bertz CT molecular complexity index is 1170. The van der Waals surface area contributed by atoms with Crippen molar-refractivity contribution in [3.63, 3.8) is 0 Å². The van der Waals surface area contributed by atoms with Gasteiger partial charge >= 0.3 is 0 Å². The molecule has 3 aromatic carbocycles. The first-order valence-electron chi connectivity index (χ1n) is 10.4. The number of nitrogens with one attached hydrogen (secondary N) is 1. The summed E-state index contributed by atoms with van der Waals surface area (Å²) >= 11 is 0. The topological polar surface area (TPSA) is 59.8 Å². The van der Waals surface area contributed by atoms with Crippen LogP contribution in [-0.2, 0) is 6.42 Å². The van der Waals surface area contributed by atoms with Crippen molar-refractivity contribution in [2.24, 2.45) is 0 Å². The Hall–Kier alpha value is -3.47. The Balaban J connectivity index is 1.54. The fraction of sp³-hybridized carbons (Fsp3) is 0.240. The SMILES string of the molecule is CCCCc1ccc(-n2nc3ccc(NC(=O)c4cc(C)cc(C)c4)cc3n2)cc1. The number of carbonyl (C=O) groups excluding carboxylic acids is 1. The summed E-state index contributed by atoms with van der Waals surface area (Å²) in [6.45, 7) is 6.18. The molecule has 0 saturated carbocycles. The van der Waals surface area contributed by atoms with Crippen LogP contribution < -0.4 is 5.32 Å². The first kappa shape index (κ1) is 19.8. The predicted octanol–water partition coefficient (Wildman–Crippen LogP) is 5.63. The van der Waals surface area contributed by atoms with Gasteiger partial charge in [0.25, 0.3) is 5.91 Å². The van der Waals surface area contributed by atoms with Crippen LogP contribution in [0.1, 0.15) is 46.8 Å². The van der Waals surface area contributed by atoms with Crippen molar-refractivity contribution in [2.45, 2.75) is 40.0 Å². The van der Waals surface area contributed by atoms with Crippen LogP contribution in [-0.4, -0.2) is 20.9 Å². The molecule has 0 radical (unpaired) electrons. The quantitative estimate of drug-likeness (QED) is 0.458. The van der Waals surface area contributed by atoms with E-state index in [-0.39, 0.29) is 5.91 Å². The zero-order valence-corrected chi connectivity index (χ0v) is 17.6. The van der Waals surface area contributed by atoms with Gasteiger partial charge < -0.3 is 5.32 Å². The van der Waals surface area contributed by atoms with Crippen LogP contribution in [0.2, 0.25) is 0 Å². The maximum atomic E-state index is 12.6. The standard InChI is InChI=1S/C25H26N4O/c1-4-5-6-19-7-10-22(11-8-19)29-27-23-12-9-21(16-24(23)28-29)26-25(30)20-14-17(2)13-18(3)15-20/h7-16H,4-6H2,1-3H3,(H,26,30). The second-order valence-corrected chi connectivity index (χ2v) is 7.79. The number of benzene rings is 3. The Labute approximate surface area is 176 Å². The average Bonchev–Trinajstić information content (AvgIpc) is 3.15. The van der Waals surface area contributed by atoms with Gasteiger partial charge in [-0.15, -0.1) is 10.2 Å². The molecule has 0 fully saturated rings. The summed E-state index contributed by atoms with van der Waals surface area (Å²) in [4.78, 5) is 14.3. The number of carbonyl (C=O) groups is 1. The van der Waals surface area contributed by atoms with E-state index >= 15 is 0 Å². The molecule has 0 aliphatic heterocycles. The normalized spacial score (nSPS) is 11.0. The van der Waals surface area contributed by atoms with Crippen molar-refractivity contribution in [1.82, 2.24) is 15.0 Å². The first-order valence-corrected chi connectivity index (χ1v) is 10.4. The van der Waals surface area contributed by atoms with Gasteiger partial charge in [0.05, 0.1) is 5.69 Å². The van der Waals surface area contributed by atoms with E-state index < -0.39 is 0 Å². The summed E-state index contributed by atoms with van der Waals surface area (Å²) in [7, 11) is 0. The van der Waals surface area contributed by atoms with Crippen LogP contribution in [0.25, 0.3) is 16.7 Å². The van der Waals surface area contributed by atoms with E-state index in [1.807, 2.05) is 56.3 Å². The Kier molecular flexibility index (Phi) is 5.61. The number of unbranched alkanes of at least 4 members (excludes halogenated alkanes) is 1. The van der Waals surface area contributed by atoms with Gasteiger partial charge in [0.2, 0.25) is 0 Å². The Morgan fingerprint density at radius 3 is 2.30 bits per heavy atom. The second-order valence-electron chi connectivity index (χ2n) is 7.79. The summed E-state index contributed by atoms with van der Waals surface area (Å²) in [6, 6.07) is 19.8. The van der Waals surface area contributed by atoms with Crippen LogP contribution in [0.4, 0.5) is 5.69 Å². The third-order valence-corrected chi connectivity index (χ3v) is 5.11. The number of aromatic nitrogens is 3. The van der Waals surface area contributed by atoms with Gasteiger partial charge in [0.1, 0.15) is 11.0 Å². The molecule has 0 unspecified atom stereocenters. The van der Waals surface area contributed by atoms with Gasteiger partial charge in [0, 0.05) is 11.3 Å². The van der Waals surface area contributed by atoms with Gasteiger partial charge in [-0.2, -0.15) is 4.80 Å². The zero-order valence-electron chi connectivity index (χ0n) is 17.6. The third-order valence-electron chi connectivity index (χ3n) is 5.11. The van der Waals surface area contributed by atoms with Crippen molar-refractivity contribution >= 4 is 22.6 Å². The van der Waals surface area contributed by atoms with E-state index in [2.05, 4.69) is 40.6 Å². The molecule has 4 rings (SSSR count). The van der Waals surface area contributed by atoms with Gasteiger partial charge in [-0.1, -0.05) is 42.7 Å². The molecule has 0 atom stereocenters. The molecule has 0 spiro atoms. The van der Waals surface area contributed by atoms with Crippen LogP contribution in [0.5, 0.6) is 0 Å². The van der Waals surface area contributed by atoms with Gasteiger partial charge in [-0.25, -0.2) is 0 Å². The summed E-state index contributed by atoms with van der Waals surface area (Å²) in [5.74, 6) is -0.129. The molecular formula is C25H26N4O. The number of anilines is 1. The van der Waals surface area contributed by atoms with E-state index in [9.17, 15) is 4.79 Å². The third kappa shape index (κ3) is 4.40. The molecule has 0 bridgehead atoms. The minimum atomic E-state index is -0.129. The molecule has 4 aromatic rings. The largest absolute Gasteiger partial charge is 0.322 e. The number of hydrogen-bond acceptors (Lipinski definition) is 3. The highest BCUT2D eigenvalue weighted by molar-refractivity contribution is 6.05. The second kappa shape index (κ2) is 8.49. The van der Waals surface area contributed by atoms with Gasteiger partial charge in [-0.3, -0.25) is 4.79 Å². The summed E-state index contributed by atoms with van der Waals surface area (Å²) < 4.78 is 0. The van der Waals surface area contributed by atoms with E-state index in [1.165, 1.54) is 18.4 Å². The van der Waals surface area contributed by atoms with Crippen molar-refractivity contribution in [1.29, 1.82) is 0 Å². The van der Waals surface area contributed by atoms with E-state index in [1.54, 1.807) is 4.80 Å². The Morgan fingerprint density at radius 1 is 0.900 bits per heavy atom. The van der Waals surface area contributed by atoms with Crippen LogP contribution in [0, 0.1) is 13.8 Å². The molecule has 1 aromatic heterocycles. The van der Waals surface area contributed by atoms with Crippen molar-refractivity contribution in [3.8, 4) is 5.69 Å². The van der Waals surface area contributed by atoms with Gasteiger partial charge in [0.15, 0.2) is 0 Å². The lowest BCUT2D eigenvalue weighted by atomic mass is 10.1. The predicted molar refractivity (Wildman–Crippen MR) is 121 cm³/mol. The highest BCUT2D eigenvalue weighted by atomic mass is 16.1. The van der Waals surface area contributed by atoms with Crippen LogP contribution >= 0.6 is 0 Å². The number of amides is 1. The summed E-state index contributed by atoms with van der Waals surface area (Å²) in [5.41, 5.74) is 7.27. The van der Waals surface area contributed by atoms with E-state index in [0.29, 0.717) is 11.3 Å². The Morgan fingerprint density at radius 2 is 1.60 bits per heavy atom. The molecule has 0 saturated heterocycles. The van der Waals surface area contributed by atoms with Gasteiger partial charge in [-0.05, 0) is 74.7 Å². The zero-order chi connectivity index (χ0) is 21.1. The first-order chi connectivity index (χ1) is 14.5. The minimum absolute atomic E-state index is 0.129. The fourth-order valence-corrected chi connectivity index (χ4v) is 3.59. The molecule has 1 N–H and O–H groups in total. The number of aryl methyl sites for hydroxylation is 3. The smallest absolute Gasteiger partial charge is 0.255 e. The number of fused-ring (bicyclic) bond motifs is 1. The lowest BCUT2D eigenvalue weighted by molar-refractivity contribution is 0.102. The molecule has 1 heterocycles. The highest BCUT2D eigenvalue weighted by Gasteiger charge is 2.10. The maximum Gasteiger partial charge on any atom is 0.255 e. The van der Waals surface area contributed by atoms with Crippen LogP contribution in [0.15, 0.2) is 60.7 Å². The lowest BCUT2D eigenvalue weighted by Gasteiger charge is -2.07. The van der Waals surface area contributed by atoms with Crippen LogP contribution in [0.3, 0.4) is 0 Å². The van der Waals surface area contributed by atoms with E-state index in [0.717, 1.165) is 34.3 Å². The summed E-state index contributed by atoms with van der Waals surface area (Å²) in [6.07, 6.45) is 3.48. The number of hydrogen-bond donors (Lipinski definition) is 1. The fourth-order valence-electron chi connectivity index (χ4n) is 3.59. The average molecular weight is 399 g/mol. The lowest BCUT2D eigenvalue weighted by Crippen LogP contribution is -2.12. The molecule has 152 valence electrons. The number of nitrogens with zero attached hydrogens (tertiary/aromatic N) is 3. The molecule has 0 aliphatic carbocycles. The molecule has 5 nitrogen and oxygen atoms in total. The van der Waals surface area contributed by atoms with Crippen molar-refractivity contribution < 1.29 is 4.79 Å².